The number of hydrogen-bond donors (Lipinski definition) is 1. The Hall–Kier alpha value is -3.02. The third-order valence-electron chi connectivity index (χ3n) is 4.84. The highest BCUT2D eigenvalue weighted by molar-refractivity contribution is 6.04. The van der Waals surface area contributed by atoms with Crippen LogP contribution in [0, 0.1) is 6.92 Å². The molecular formula is C21H24N2O4. The lowest BCUT2D eigenvalue weighted by atomic mass is 10.0. The van der Waals surface area contributed by atoms with Gasteiger partial charge in [-0.1, -0.05) is 30.3 Å². The predicted molar refractivity (Wildman–Crippen MR) is 102 cm³/mol. The molecule has 1 heterocycles. The van der Waals surface area contributed by atoms with Crippen LogP contribution in [0.4, 0.5) is 4.79 Å². The fraction of sp³-hybridized carbons (Fsp3) is 0.333. The summed E-state index contributed by atoms with van der Waals surface area (Å²) in [6.07, 6.45) is 1.32. The Morgan fingerprint density at radius 3 is 2.37 bits per heavy atom. The lowest BCUT2D eigenvalue weighted by molar-refractivity contribution is -0.128. The second-order valence-corrected chi connectivity index (χ2v) is 6.58. The van der Waals surface area contributed by atoms with Gasteiger partial charge in [-0.05, 0) is 48.6 Å². The van der Waals surface area contributed by atoms with Crippen LogP contribution in [0.1, 0.15) is 23.1 Å². The standard InChI is InChI=1S/C21H24N2O4/c1-14-11-18(26-2)19(27-3)12-16(14)13-23-20(24)17(22-21(23)25)10-9-15-7-5-4-6-8-15/h4-8,11-12,17H,9-10,13H2,1-3H3,(H,22,25)/t17-/m1/s1. The van der Waals surface area contributed by atoms with Crippen molar-refractivity contribution in [1.29, 1.82) is 0 Å². The average Bonchev–Trinajstić information content (AvgIpc) is 2.95. The Morgan fingerprint density at radius 1 is 1.04 bits per heavy atom. The van der Waals surface area contributed by atoms with Crippen molar-refractivity contribution in [2.24, 2.45) is 0 Å². The summed E-state index contributed by atoms with van der Waals surface area (Å²) in [6.45, 7) is 2.13. The average molecular weight is 368 g/mol. The van der Waals surface area contributed by atoms with Crippen molar-refractivity contribution in [3.8, 4) is 11.5 Å². The summed E-state index contributed by atoms with van der Waals surface area (Å²) in [7, 11) is 3.13. The minimum absolute atomic E-state index is 0.190. The van der Waals surface area contributed by atoms with E-state index in [0.29, 0.717) is 17.9 Å². The van der Waals surface area contributed by atoms with E-state index in [1.165, 1.54) is 4.90 Å². The maximum Gasteiger partial charge on any atom is 0.325 e. The summed E-state index contributed by atoms with van der Waals surface area (Å²) >= 11 is 0. The Morgan fingerprint density at radius 2 is 1.70 bits per heavy atom. The highest BCUT2D eigenvalue weighted by Crippen LogP contribution is 2.31. The van der Waals surface area contributed by atoms with Gasteiger partial charge in [0, 0.05) is 0 Å². The van der Waals surface area contributed by atoms with Gasteiger partial charge in [-0.3, -0.25) is 9.69 Å². The summed E-state index contributed by atoms with van der Waals surface area (Å²) in [5.74, 6) is 1.01. The molecule has 6 nitrogen and oxygen atoms in total. The second kappa shape index (κ2) is 8.12. The third-order valence-corrected chi connectivity index (χ3v) is 4.84. The summed E-state index contributed by atoms with van der Waals surface area (Å²) in [4.78, 5) is 26.3. The molecule has 2 aromatic rings. The number of carbonyl (C=O) groups excluding carboxylic acids is 2. The van der Waals surface area contributed by atoms with Crippen LogP contribution in [0.15, 0.2) is 42.5 Å². The third kappa shape index (κ3) is 4.05. The lowest BCUT2D eigenvalue weighted by Gasteiger charge is -2.17. The smallest absolute Gasteiger partial charge is 0.325 e. The zero-order valence-corrected chi connectivity index (χ0v) is 15.8. The van der Waals surface area contributed by atoms with E-state index >= 15 is 0 Å². The molecule has 0 unspecified atom stereocenters. The molecule has 0 saturated carbocycles. The van der Waals surface area contributed by atoms with Crippen LogP contribution < -0.4 is 14.8 Å². The van der Waals surface area contributed by atoms with E-state index in [1.54, 1.807) is 14.2 Å². The van der Waals surface area contributed by atoms with Crippen molar-refractivity contribution in [3.05, 3.63) is 59.2 Å². The fourth-order valence-electron chi connectivity index (χ4n) is 3.24. The maximum absolute atomic E-state index is 12.7. The topological polar surface area (TPSA) is 67.9 Å². The number of hydrogen-bond acceptors (Lipinski definition) is 4. The summed E-state index contributed by atoms with van der Waals surface area (Å²) in [6, 6.07) is 12.8. The number of nitrogens with zero attached hydrogens (tertiary/aromatic N) is 1. The molecule has 1 fully saturated rings. The van der Waals surface area contributed by atoms with Gasteiger partial charge >= 0.3 is 6.03 Å². The Labute approximate surface area is 159 Å². The van der Waals surface area contributed by atoms with Gasteiger partial charge in [0.05, 0.1) is 20.8 Å². The van der Waals surface area contributed by atoms with E-state index in [2.05, 4.69) is 5.32 Å². The molecule has 0 aliphatic carbocycles. The van der Waals surface area contributed by atoms with Crippen molar-refractivity contribution < 1.29 is 19.1 Å². The van der Waals surface area contributed by atoms with Crippen LogP contribution in [-0.4, -0.2) is 37.1 Å². The van der Waals surface area contributed by atoms with Gasteiger partial charge in [0.25, 0.3) is 5.91 Å². The number of carbonyl (C=O) groups is 2. The van der Waals surface area contributed by atoms with E-state index in [-0.39, 0.29) is 18.5 Å². The quantitative estimate of drug-likeness (QED) is 0.763. The Balaban J connectivity index is 1.70. The summed E-state index contributed by atoms with van der Waals surface area (Å²) in [5.41, 5.74) is 2.93. The molecule has 1 saturated heterocycles. The number of amides is 3. The number of urea groups is 1. The van der Waals surface area contributed by atoms with E-state index in [1.807, 2.05) is 49.4 Å². The molecule has 0 spiro atoms. The summed E-state index contributed by atoms with van der Waals surface area (Å²) < 4.78 is 10.6. The highest BCUT2D eigenvalue weighted by atomic mass is 16.5. The Kier molecular flexibility index (Phi) is 5.64. The van der Waals surface area contributed by atoms with E-state index in [0.717, 1.165) is 23.1 Å². The first kappa shape index (κ1) is 18.8. The minimum Gasteiger partial charge on any atom is -0.493 e. The molecule has 1 aliphatic rings. The van der Waals surface area contributed by atoms with Crippen LogP contribution in [0.2, 0.25) is 0 Å². The van der Waals surface area contributed by atoms with Gasteiger partial charge in [-0.15, -0.1) is 0 Å². The van der Waals surface area contributed by atoms with Gasteiger partial charge in [0.2, 0.25) is 0 Å². The van der Waals surface area contributed by atoms with E-state index in [9.17, 15) is 9.59 Å². The van der Waals surface area contributed by atoms with Crippen LogP contribution in [-0.2, 0) is 17.8 Å². The Bertz CT molecular complexity index is 836. The molecule has 6 heteroatoms. The lowest BCUT2D eigenvalue weighted by Crippen LogP contribution is -2.31. The molecule has 0 radical (unpaired) electrons. The van der Waals surface area contributed by atoms with Gasteiger partial charge in [0.15, 0.2) is 11.5 Å². The number of methoxy groups -OCH3 is 2. The number of aryl methyl sites for hydroxylation is 2. The maximum atomic E-state index is 12.7. The number of rotatable bonds is 7. The molecule has 1 N–H and O–H groups in total. The van der Waals surface area contributed by atoms with Crippen molar-refractivity contribution in [2.45, 2.75) is 32.4 Å². The van der Waals surface area contributed by atoms with Gasteiger partial charge in [-0.25, -0.2) is 4.79 Å². The number of imide groups is 1. The highest BCUT2D eigenvalue weighted by Gasteiger charge is 2.37. The van der Waals surface area contributed by atoms with E-state index in [4.69, 9.17) is 9.47 Å². The molecular weight excluding hydrogens is 344 g/mol. The fourth-order valence-corrected chi connectivity index (χ4v) is 3.24. The van der Waals surface area contributed by atoms with Crippen LogP contribution in [0.3, 0.4) is 0 Å². The zero-order chi connectivity index (χ0) is 19.4. The molecule has 1 atom stereocenters. The molecule has 0 bridgehead atoms. The molecule has 3 rings (SSSR count). The molecule has 142 valence electrons. The van der Waals surface area contributed by atoms with Gasteiger partial charge in [0.1, 0.15) is 6.04 Å². The van der Waals surface area contributed by atoms with Crippen LogP contribution >= 0.6 is 0 Å². The van der Waals surface area contributed by atoms with E-state index < -0.39 is 6.04 Å². The summed E-state index contributed by atoms with van der Waals surface area (Å²) in [5, 5.41) is 2.80. The molecule has 1 aliphatic heterocycles. The first-order chi connectivity index (χ1) is 13.0. The molecule has 0 aromatic heterocycles. The SMILES string of the molecule is COc1cc(C)c(CN2C(=O)N[C@H](CCc3ccccc3)C2=O)cc1OC. The molecule has 27 heavy (non-hydrogen) atoms. The van der Waals surface area contributed by atoms with Gasteiger partial charge < -0.3 is 14.8 Å². The minimum atomic E-state index is -0.488. The van der Waals surface area contributed by atoms with Crippen LogP contribution in [0.5, 0.6) is 11.5 Å². The van der Waals surface area contributed by atoms with Crippen molar-refractivity contribution in [3.63, 3.8) is 0 Å². The number of nitrogens with one attached hydrogen (secondary N) is 1. The molecule has 2 aromatic carbocycles. The predicted octanol–water partition coefficient (Wildman–Crippen LogP) is 3.07. The molecule has 3 amide bonds. The van der Waals surface area contributed by atoms with Crippen molar-refractivity contribution >= 4 is 11.9 Å². The van der Waals surface area contributed by atoms with Crippen molar-refractivity contribution in [2.75, 3.05) is 14.2 Å². The largest absolute Gasteiger partial charge is 0.493 e. The van der Waals surface area contributed by atoms with Gasteiger partial charge in [-0.2, -0.15) is 0 Å². The normalized spacial score (nSPS) is 16.4. The second-order valence-electron chi connectivity index (χ2n) is 6.58. The van der Waals surface area contributed by atoms with Crippen molar-refractivity contribution in [1.82, 2.24) is 10.2 Å². The number of benzene rings is 2. The first-order valence-electron chi connectivity index (χ1n) is 8.90. The zero-order valence-electron chi connectivity index (χ0n) is 15.8. The number of ether oxygens (including phenoxy) is 2. The first-order valence-corrected chi connectivity index (χ1v) is 8.90. The van der Waals surface area contributed by atoms with Crippen LogP contribution in [0.25, 0.3) is 0 Å². The monoisotopic (exact) mass is 368 g/mol.